The lowest BCUT2D eigenvalue weighted by Gasteiger charge is -2.49. The molecular weight excluding hydrogens is 1580 g/mol. The molecule has 3 N–H and O–H groups in total. The zero-order valence-electron chi connectivity index (χ0n) is 76.6. The highest BCUT2D eigenvalue weighted by molar-refractivity contribution is 5.92. The second-order valence-electron chi connectivity index (χ2n) is 34.9. The van der Waals surface area contributed by atoms with Crippen LogP contribution in [-0.2, 0) is 124 Å². The minimum Gasteiger partial charge on any atom is -0.462 e. The maximum Gasteiger partial charge on any atom is 0.308 e. The number of likely N-dealkylation sites (N-methyl/N-ethyl adjacent to an activating group) is 2. The topological polar surface area (TPSA) is 354 Å². The van der Waals surface area contributed by atoms with Crippen molar-refractivity contribution in [3.63, 3.8) is 0 Å². The number of ketones is 2. The van der Waals surface area contributed by atoms with Crippen LogP contribution in [0.15, 0.2) is 72.9 Å². The second kappa shape index (κ2) is 50.0. The number of hydrogen-bond acceptors (Lipinski definition) is 31. The summed E-state index contributed by atoms with van der Waals surface area (Å²) in [4.78, 5) is 84.9. The van der Waals surface area contributed by atoms with Crippen molar-refractivity contribution in [3.05, 3.63) is 72.9 Å². The molecule has 0 aliphatic carbocycles. The number of fused-ring (bicyclic) bond motifs is 6. The summed E-state index contributed by atoms with van der Waals surface area (Å²) in [6.45, 7) is 36.3. The third-order valence-electron chi connectivity index (χ3n) is 25.4. The summed E-state index contributed by atoms with van der Waals surface area (Å²) in [5, 5.41) is 33.2. The number of esters is 4. The highest BCUT2D eigenvalue weighted by Gasteiger charge is 2.54. The van der Waals surface area contributed by atoms with Gasteiger partial charge in [0.15, 0.2) is 42.8 Å². The fraction of sp³-hybridized carbons (Fsp3) is 0.802. The van der Waals surface area contributed by atoms with Gasteiger partial charge in [-0.2, -0.15) is 0 Å². The van der Waals surface area contributed by atoms with Crippen LogP contribution in [0, 0.1) is 53.3 Å². The Morgan fingerprint density at radius 1 is 0.475 bits per heavy atom. The first kappa shape index (κ1) is 104. The van der Waals surface area contributed by atoms with Crippen LogP contribution < -0.4 is 0 Å². The van der Waals surface area contributed by atoms with Gasteiger partial charge in [0.2, 0.25) is 0 Å². The lowest BCUT2D eigenvalue weighted by atomic mass is 9.79. The Labute approximate surface area is 724 Å². The second-order valence-corrected chi connectivity index (χ2v) is 34.9. The summed E-state index contributed by atoms with van der Waals surface area (Å²) in [6.07, 6.45) is -2.31. The van der Waals surface area contributed by atoms with Gasteiger partial charge >= 0.3 is 23.9 Å². The van der Waals surface area contributed by atoms with Crippen molar-refractivity contribution < 1.29 is 139 Å². The van der Waals surface area contributed by atoms with Crippen molar-refractivity contribution in [1.29, 1.82) is 0 Å². The van der Waals surface area contributed by atoms with Crippen molar-refractivity contribution >= 4 is 35.4 Å². The van der Waals surface area contributed by atoms with Gasteiger partial charge in [0.25, 0.3) is 0 Å². The molecule has 0 saturated carbocycles. The molecule has 6 saturated heterocycles. The Morgan fingerprint density at radius 3 is 1.30 bits per heavy atom. The Hall–Kier alpha value is -5.18. The molecule has 4 bridgehead atoms. The first-order chi connectivity index (χ1) is 57.9. The number of cyclic esters (lactones) is 2. The van der Waals surface area contributed by atoms with Gasteiger partial charge in [-0.1, -0.05) is 96.1 Å². The van der Waals surface area contributed by atoms with Crippen LogP contribution in [0.3, 0.4) is 0 Å². The normalized spacial score (nSPS) is 42.6. The molecule has 0 amide bonds. The van der Waals surface area contributed by atoms with Gasteiger partial charge in [0, 0.05) is 96.9 Å². The molecule has 0 aromatic rings. The van der Waals surface area contributed by atoms with E-state index in [1.54, 1.807) is 105 Å². The monoisotopic (exact) mass is 1730 g/mol. The molecule has 696 valence electrons. The molecule has 0 aromatic heterocycles. The molecule has 36 atom stereocenters. The summed E-state index contributed by atoms with van der Waals surface area (Å²) in [6, 6.07) is -1.33. The average Bonchev–Trinajstić information content (AvgIpc) is 0.779. The van der Waals surface area contributed by atoms with E-state index in [1.165, 1.54) is 28.1 Å². The van der Waals surface area contributed by atoms with Gasteiger partial charge in [-0.3, -0.25) is 33.7 Å². The molecule has 0 radical (unpaired) electrons. The summed E-state index contributed by atoms with van der Waals surface area (Å²) in [5.74, 6) is -5.63. The molecule has 122 heavy (non-hydrogen) atoms. The molecule has 8 aliphatic rings. The summed E-state index contributed by atoms with van der Waals surface area (Å²) < 4.78 is 124. The highest BCUT2D eigenvalue weighted by Crippen LogP contribution is 2.42. The van der Waals surface area contributed by atoms with Gasteiger partial charge in [-0.15, -0.1) is 13.2 Å². The van der Waals surface area contributed by atoms with E-state index in [1.807, 2.05) is 86.3 Å². The zero-order valence-corrected chi connectivity index (χ0v) is 76.6. The molecule has 6 fully saturated rings. The number of aliphatic hydroxyl groups excluding tert-OH is 3. The minimum atomic E-state index is -1.21. The third-order valence-corrected chi connectivity index (χ3v) is 25.4. The molecule has 31 nitrogen and oxygen atoms in total. The molecule has 31 heteroatoms. The molecule has 0 spiro atoms. The summed E-state index contributed by atoms with van der Waals surface area (Å²) in [5.41, 5.74) is 1.55. The molecule has 12 unspecified atom stereocenters. The first-order valence-electron chi connectivity index (χ1n) is 43.8. The molecule has 0 aromatic carbocycles. The van der Waals surface area contributed by atoms with Crippen LogP contribution in [0.5, 0.6) is 0 Å². The van der Waals surface area contributed by atoms with E-state index in [4.69, 9.17) is 94.7 Å². The predicted octanol–water partition coefficient (Wildman–Crippen LogP) is 8.36. The standard InChI is InChI=1S/C48H77NO15.C43H71NO14/c1-15-36-25-56-20-19-34-22-27(4)37(52)18-17-26(3)21-35(24-57-47-46(55-14)43(54-13)28(5)30(7)58-47)38(16-2)63-40(53)23-39(62-36)29(6)42(34)64-48-45(61-33(10)51)41(49(11)12)44(31(8)59-48)60-32(9)50;1-12-30-22-52-17-16-28-19-24(4)31(45)15-14-23(3)18-29(21-53-43-41(51-11)40(50-10)37(48)27(7)55-43)32(13-2)57-34(46)20-33(56-30)25(5)39(28)58-42-38(49)35(44(8)9)36(47)26(6)54-42/h15,17-18,21,27-31,34-36,38-39,41-48H,1,16,19-20,22-25H2,2-14H3;12,14-15,18,24-30,32-33,35-43,47-49H,1,13,16-17,19-22H2,2-11H3/b18-17+,26-21+;15-14+,23-18+/t27-,28-,29+,30?,31?,34+,35-,36?,38-,39-,41?,42-,43+,44-,45?,46?,47-,48+;24-,25+,26?,27?,28+,29-,30?,32-,33-,35?,36-,37-,38?,39-,40+,41?,42+,43-/m11/s1. The number of carbonyl (C=O) groups excluding carboxylic acids is 6. The van der Waals surface area contributed by atoms with Gasteiger partial charge in [-0.25, -0.2) is 0 Å². The minimum absolute atomic E-state index is 0.0526. The van der Waals surface area contributed by atoms with Crippen LogP contribution in [0.2, 0.25) is 0 Å². The fourth-order valence-electron chi connectivity index (χ4n) is 18.2. The number of rotatable bonds is 22. The maximum atomic E-state index is 14.4. The van der Waals surface area contributed by atoms with E-state index in [9.17, 15) is 44.1 Å². The van der Waals surface area contributed by atoms with E-state index in [2.05, 4.69) is 13.2 Å². The highest BCUT2D eigenvalue weighted by atomic mass is 16.7. The average molecular weight is 1730 g/mol. The third kappa shape index (κ3) is 28.4. The quantitative estimate of drug-likeness (QED) is 0.0520. The largest absolute Gasteiger partial charge is 0.462 e. The number of aliphatic hydroxyl groups is 3. The molecule has 8 heterocycles. The Kier molecular flexibility index (Phi) is 42.5. The van der Waals surface area contributed by atoms with Crippen LogP contribution >= 0.6 is 0 Å². The van der Waals surface area contributed by atoms with Gasteiger partial charge in [0.1, 0.15) is 48.8 Å². The van der Waals surface area contributed by atoms with Crippen molar-refractivity contribution in [3.8, 4) is 0 Å². The zero-order chi connectivity index (χ0) is 90.3. The van der Waals surface area contributed by atoms with Crippen LogP contribution in [0.1, 0.15) is 155 Å². The van der Waals surface area contributed by atoms with E-state index in [-0.39, 0.29) is 80.8 Å². The van der Waals surface area contributed by atoms with E-state index >= 15 is 0 Å². The number of methoxy groups -OCH3 is 4. The van der Waals surface area contributed by atoms with Crippen molar-refractivity contribution in [2.45, 2.75) is 321 Å². The van der Waals surface area contributed by atoms with Gasteiger partial charge in [0.05, 0.1) is 125 Å². The summed E-state index contributed by atoms with van der Waals surface area (Å²) >= 11 is 0. The molecule has 8 rings (SSSR count). The van der Waals surface area contributed by atoms with E-state index < -0.39 is 213 Å². The van der Waals surface area contributed by atoms with Crippen LogP contribution in [0.25, 0.3) is 0 Å². The van der Waals surface area contributed by atoms with Crippen LogP contribution in [0.4, 0.5) is 0 Å². The number of hydrogen-bond donors (Lipinski definition) is 3. The summed E-state index contributed by atoms with van der Waals surface area (Å²) in [7, 11) is 13.4. The van der Waals surface area contributed by atoms with Crippen molar-refractivity contribution in [2.24, 2.45) is 53.3 Å². The SMILES string of the molecule is C=CC1COCC[C@H]2C[C@@H](C)C(=O)/C=C/C(C)=C/[C@H](CO[C@@H]3OC(C)[C@@H](C)[C@H](OC)C3OC)[C@@H](CC)OC(=O)C[C@@H](O1)[C@H](C)[C@H]2O[C@@H]1OC(C)[C@@H](OC(C)=O)C(N(C)C)C1OC(C)=O.C=CC1COCC[C@H]2C[C@@H](C)C(=O)/C=C/C(C)=C/[C@H](CO[C@@H]3OC(C)[C@@H](O)[C@H](OC)C3OC)[C@@H](CC)OC(=O)C[C@@H](O1)[C@H](C)[C@H]2O[C@@H]1OC(C)[C@@H](O)C(N(C)C)C1O. The lowest BCUT2D eigenvalue weighted by Crippen LogP contribution is -2.65. The Bertz CT molecular complexity index is 3410. The Morgan fingerprint density at radius 2 is 0.877 bits per heavy atom. The van der Waals surface area contributed by atoms with Crippen molar-refractivity contribution in [1.82, 2.24) is 9.80 Å². The van der Waals surface area contributed by atoms with E-state index in [0.717, 1.165) is 11.1 Å². The first-order valence-corrected chi connectivity index (χ1v) is 43.8. The number of ether oxygens (including phenoxy) is 20. The van der Waals surface area contributed by atoms with Crippen LogP contribution in [-0.4, -0.2) is 322 Å². The maximum absolute atomic E-state index is 14.4. The van der Waals surface area contributed by atoms with Gasteiger partial charge < -0.3 is 115 Å². The Balaban J connectivity index is 0.000000337. The predicted molar refractivity (Wildman–Crippen MR) is 449 cm³/mol. The van der Waals surface area contributed by atoms with Gasteiger partial charge in [-0.05, 0) is 132 Å². The van der Waals surface area contributed by atoms with Crippen molar-refractivity contribution in [2.75, 3.05) is 96.3 Å². The smallest absolute Gasteiger partial charge is 0.308 e. The molecule has 8 aliphatic heterocycles. The van der Waals surface area contributed by atoms with E-state index in [0.29, 0.717) is 51.7 Å². The molecular formula is C91H148N2O29. The lowest BCUT2D eigenvalue weighted by molar-refractivity contribution is -0.309. The number of carbonyl (C=O) groups is 6. The fourth-order valence-corrected chi connectivity index (χ4v) is 18.2. The number of nitrogens with zero attached hydrogens (tertiary/aromatic N) is 2. The number of allylic oxidation sites excluding steroid dienone is 6.